The number of benzene rings is 3. The van der Waals surface area contributed by atoms with E-state index in [9.17, 15) is 5.11 Å². The first kappa shape index (κ1) is 24.9. The maximum absolute atomic E-state index is 10.3. The summed E-state index contributed by atoms with van der Waals surface area (Å²) in [5.41, 5.74) is 3.12. The predicted molar refractivity (Wildman–Crippen MR) is 138 cm³/mol. The van der Waals surface area contributed by atoms with Gasteiger partial charge in [-0.05, 0) is 48.4 Å². The van der Waals surface area contributed by atoms with Gasteiger partial charge >= 0.3 is 0 Å². The molecule has 1 aromatic heterocycles. The maximum atomic E-state index is 10.3. The summed E-state index contributed by atoms with van der Waals surface area (Å²) < 4.78 is 23.7. The molecule has 0 saturated carbocycles. The lowest BCUT2D eigenvalue weighted by Crippen LogP contribution is -1.98. The Morgan fingerprint density at radius 1 is 0.917 bits per heavy atom. The monoisotopic (exact) mass is 507 g/mol. The van der Waals surface area contributed by atoms with Crippen LogP contribution in [0, 0.1) is 0 Å². The highest BCUT2D eigenvalue weighted by molar-refractivity contribution is 6.30. The molecular formula is C27H26ClN3O5. The molecule has 4 aromatic rings. The largest absolute Gasteiger partial charge is 0.507 e. The van der Waals surface area contributed by atoms with Crippen LogP contribution in [0.25, 0.3) is 11.8 Å². The highest BCUT2D eigenvalue weighted by atomic mass is 35.5. The van der Waals surface area contributed by atoms with Gasteiger partial charge in [0.2, 0.25) is 0 Å². The topological polar surface area (TPSA) is 87.9 Å². The molecule has 3 aromatic carbocycles. The fraction of sp³-hybridized carbons (Fsp3) is 0.185. The Morgan fingerprint density at radius 3 is 2.42 bits per heavy atom. The van der Waals surface area contributed by atoms with Crippen LogP contribution in [0.4, 0.5) is 0 Å². The SMILES string of the molecule is COc1cc(O)c(C/C=C/c2ccc(OCc3cn(-c4ccc(Cl)cc4)nn3)c(OC)c2)c(OC)c1. The first-order valence-corrected chi connectivity index (χ1v) is 11.5. The first-order chi connectivity index (χ1) is 17.5. The Balaban J connectivity index is 1.41. The Kier molecular flexibility index (Phi) is 7.97. The van der Waals surface area contributed by atoms with E-state index in [1.165, 1.54) is 0 Å². The molecule has 186 valence electrons. The van der Waals surface area contributed by atoms with Crippen LogP contribution >= 0.6 is 11.6 Å². The van der Waals surface area contributed by atoms with E-state index < -0.39 is 0 Å². The molecule has 0 radical (unpaired) electrons. The first-order valence-electron chi connectivity index (χ1n) is 11.1. The maximum Gasteiger partial charge on any atom is 0.161 e. The summed E-state index contributed by atoms with van der Waals surface area (Å²) in [6.45, 7) is 0.232. The number of hydrogen-bond donors (Lipinski definition) is 1. The van der Waals surface area contributed by atoms with Gasteiger partial charge in [-0.25, -0.2) is 4.68 Å². The van der Waals surface area contributed by atoms with E-state index in [1.807, 2.05) is 42.5 Å². The molecule has 0 bridgehead atoms. The molecule has 0 fully saturated rings. The molecule has 0 unspecified atom stereocenters. The fourth-order valence-electron chi connectivity index (χ4n) is 3.57. The summed E-state index contributed by atoms with van der Waals surface area (Å²) in [4.78, 5) is 0. The molecule has 9 heteroatoms. The number of phenols is 1. The molecule has 0 amide bonds. The standard InChI is InChI=1S/C27H26ClN3O5/c1-33-22-14-24(32)23(26(15-22)34-2)6-4-5-18-7-12-25(27(13-18)35-3)36-17-20-16-31(30-29-20)21-10-8-19(28)9-11-21/h4-5,7-16,32H,6,17H2,1-3H3/b5-4+. The van der Waals surface area contributed by atoms with E-state index in [-0.39, 0.29) is 12.4 Å². The summed E-state index contributed by atoms with van der Waals surface area (Å²) in [5.74, 6) is 2.39. The minimum absolute atomic E-state index is 0.116. The van der Waals surface area contributed by atoms with Crippen molar-refractivity contribution in [2.75, 3.05) is 21.3 Å². The van der Waals surface area contributed by atoms with Crippen molar-refractivity contribution in [3.63, 3.8) is 0 Å². The molecule has 0 spiro atoms. The molecule has 0 aliphatic heterocycles. The van der Waals surface area contributed by atoms with Crippen LogP contribution in [-0.2, 0) is 13.0 Å². The van der Waals surface area contributed by atoms with Crippen molar-refractivity contribution >= 4 is 17.7 Å². The predicted octanol–water partition coefficient (Wildman–Crippen LogP) is 5.49. The van der Waals surface area contributed by atoms with Crippen molar-refractivity contribution in [2.45, 2.75) is 13.0 Å². The van der Waals surface area contributed by atoms with Crippen molar-refractivity contribution in [3.05, 3.63) is 88.7 Å². The second kappa shape index (κ2) is 11.5. The van der Waals surface area contributed by atoms with Crippen LogP contribution in [0.5, 0.6) is 28.7 Å². The number of ether oxygens (including phenoxy) is 4. The smallest absolute Gasteiger partial charge is 0.161 e. The lowest BCUT2D eigenvalue weighted by Gasteiger charge is -2.11. The number of halogens is 1. The van der Waals surface area contributed by atoms with Gasteiger partial charge in [0.25, 0.3) is 0 Å². The van der Waals surface area contributed by atoms with Crippen LogP contribution in [0.2, 0.25) is 5.02 Å². The quantitative estimate of drug-likeness (QED) is 0.304. The van der Waals surface area contributed by atoms with E-state index in [0.717, 1.165) is 11.3 Å². The van der Waals surface area contributed by atoms with Crippen molar-refractivity contribution in [1.29, 1.82) is 0 Å². The molecule has 0 atom stereocenters. The van der Waals surface area contributed by atoms with Gasteiger partial charge < -0.3 is 24.1 Å². The Morgan fingerprint density at radius 2 is 1.69 bits per heavy atom. The van der Waals surface area contributed by atoms with Gasteiger partial charge in [0.1, 0.15) is 29.5 Å². The third-order valence-electron chi connectivity index (χ3n) is 5.44. The third kappa shape index (κ3) is 5.90. The summed E-state index contributed by atoms with van der Waals surface area (Å²) >= 11 is 5.95. The summed E-state index contributed by atoms with van der Waals surface area (Å²) in [6.07, 6.45) is 6.15. The van der Waals surface area contributed by atoms with Gasteiger partial charge in [0, 0.05) is 22.7 Å². The van der Waals surface area contributed by atoms with Crippen molar-refractivity contribution in [1.82, 2.24) is 15.0 Å². The minimum Gasteiger partial charge on any atom is -0.507 e. The zero-order valence-corrected chi connectivity index (χ0v) is 20.9. The number of rotatable bonds is 10. The van der Waals surface area contributed by atoms with Gasteiger partial charge in [0.05, 0.1) is 33.2 Å². The second-order valence-corrected chi connectivity index (χ2v) is 8.20. The average Bonchev–Trinajstić information content (AvgIpc) is 3.37. The third-order valence-corrected chi connectivity index (χ3v) is 5.69. The average molecular weight is 508 g/mol. The number of hydrogen-bond acceptors (Lipinski definition) is 7. The van der Waals surface area contributed by atoms with Gasteiger partial charge in [-0.1, -0.05) is 35.0 Å². The summed E-state index contributed by atoms with van der Waals surface area (Å²) in [6, 6.07) is 16.3. The zero-order valence-electron chi connectivity index (χ0n) is 20.1. The molecule has 4 rings (SSSR count). The molecular weight excluding hydrogens is 482 g/mol. The van der Waals surface area contributed by atoms with E-state index in [0.29, 0.717) is 45.7 Å². The number of aromatic hydroxyl groups is 1. The molecule has 1 heterocycles. The molecule has 8 nitrogen and oxygen atoms in total. The van der Waals surface area contributed by atoms with Gasteiger partial charge in [-0.2, -0.15) is 0 Å². The highest BCUT2D eigenvalue weighted by Crippen LogP contribution is 2.34. The van der Waals surface area contributed by atoms with Crippen molar-refractivity contribution in [2.24, 2.45) is 0 Å². The normalized spacial score (nSPS) is 11.0. The lowest BCUT2D eigenvalue weighted by atomic mass is 10.1. The number of methoxy groups -OCH3 is 3. The minimum atomic E-state index is 0.116. The van der Waals surface area contributed by atoms with Crippen LogP contribution < -0.4 is 18.9 Å². The Bertz CT molecular complexity index is 1350. The fourth-order valence-corrected chi connectivity index (χ4v) is 3.69. The lowest BCUT2D eigenvalue weighted by molar-refractivity contribution is 0.280. The van der Waals surface area contributed by atoms with Crippen LogP contribution in [0.1, 0.15) is 16.8 Å². The molecule has 0 aliphatic carbocycles. The van der Waals surface area contributed by atoms with Crippen LogP contribution in [-0.4, -0.2) is 41.4 Å². The van der Waals surface area contributed by atoms with Crippen molar-refractivity contribution < 1.29 is 24.1 Å². The van der Waals surface area contributed by atoms with Gasteiger partial charge in [-0.15, -0.1) is 5.10 Å². The molecule has 0 aliphatic rings. The van der Waals surface area contributed by atoms with Crippen molar-refractivity contribution in [3.8, 4) is 34.4 Å². The van der Waals surface area contributed by atoms with E-state index >= 15 is 0 Å². The Hall–Kier alpha value is -4.17. The number of phenolic OH excluding ortho intramolecular Hbond substituents is 1. The van der Waals surface area contributed by atoms with Gasteiger partial charge in [0.15, 0.2) is 11.5 Å². The van der Waals surface area contributed by atoms with E-state index in [2.05, 4.69) is 10.3 Å². The van der Waals surface area contributed by atoms with Crippen LogP contribution in [0.15, 0.2) is 66.9 Å². The Labute approximate surface area is 214 Å². The number of nitrogens with zero attached hydrogens (tertiary/aromatic N) is 3. The van der Waals surface area contributed by atoms with E-state index in [1.54, 1.807) is 56.5 Å². The molecule has 1 N–H and O–H groups in total. The zero-order chi connectivity index (χ0) is 25.5. The number of aromatic nitrogens is 3. The summed E-state index contributed by atoms with van der Waals surface area (Å²) in [5, 5.41) is 19.3. The highest BCUT2D eigenvalue weighted by Gasteiger charge is 2.11. The number of allylic oxidation sites excluding steroid dienone is 1. The van der Waals surface area contributed by atoms with E-state index in [4.69, 9.17) is 30.5 Å². The molecule has 0 saturated heterocycles. The summed E-state index contributed by atoms with van der Waals surface area (Å²) in [7, 11) is 4.69. The van der Waals surface area contributed by atoms with Gasteiger partial charge in [-0.3, -0.25) is 0 Å². The molecule has 36 heavy (non-hydrogen) atoms. The van der Waals surface area contributed by atoms with Crippen LogP contribution in [0.3, 0.4) is 0 Å². The second-order valence-electron chi connectivity index (χ2n) is 7.76.